The van der Waals surface area contributed by atoms with Gasteiger partial charge in [-0.2, -0.15) is 13.2 Å². The molecule has 0 radical (unpaired) electrons. The second-order valence-corrected chi connectivity index (χ2v) is 8.24. The highest BCUT2D eigenvalue weighted by atomic mass is 35.5. The molecule has 0 N–H and O–H groups in total. The molecule has 10 heteroatoms. The summed E-state index contributed by atoms with van der Waals surface area (Å²) in [5, 5.41) is 8.95. The molecular formula is C22H21ClF3N5O. The van der Waals surface area contributed by atoms with E-state index in [4.69, 9.17) is 11.6 Å². The van der Waals surface area contributed by atoms with Crippen LogP contribution in [0.4, 0.5) is 13.2 Å². The molecule has 0 bridgehead atoms. The maximum atomic E-state index is 13.1. The normalized spacial score (nSPS) is 16.5. The molecule has 1 unspecified atom stereocenters. The lowest BCUT2D eigenvalue weighted by molar-refractivity contribution is -0.141. The van der Waals surface area contributed by atoms with E-state index in [2.05, 4.69) is 15.2 Å². The molecule has 6 nitrogen and oxygen atoms in total. The van der Waals surface area contributed by atoms with Crippen LogP contribution in [0.2, 0.25) is 5.02 Å². The predicted molar refractivity (Wildman–Crippen MR) is 112 cm³/mol. The molecule has 168 valence electrons. The summed E-state index contributed by atoms with van der Waals surface area (Å²) in [4.78, 5) is 18.4. The fourth-order valence-corrected chi connectivity index (χ4v) is 4.09. The van der Waals surface area contributed by atoms with Crippen molar-refractivity contribution < 1.29 is 18.0 Å². The summed E-state index contributed by atoms with van der Waals surface area (Å²) in [6, 6.07) is 9.48. The number of rotatable bonds is 5. The Bertz CT molecular complexity index is 1110. The zero-order valence-corrected chi connectivity index (χ0v) is 18.1. The molecule has 0 aliphatic carbocycles. The SMILES string of the molecule is Cc1nc(C(F)(F)F)ccc1CC(=O)N1CCCC1c1nncn1Cc1ccc(Cl)cc1. The van der Waals surface area contributed by atoms with E-state index in [9.17, 15) is 18.0 Å². The zero-order valence-electron chi connectivity index (χ0n) is 17.3. The number of carbonyl (C=O) groups excluding carboxylic acids is 1. The summed E-state index contributed by atoms with van der Waals surface area (Å²) in [6.07, 6.45) is -1.33. The summed E-state index contributed by atoms with van der Waals surface area (Å²) in [5.74, 6) is 0.520. The average Bonchev–Trinajstić information content (AvgIpc) is 3.39. The minimum Gasteiger partial charge on any atom is -0.332 e. The molecule has 0 saturated carbocycles. The number of carbonyl (C=O) groups is 1. The van der Waals surface area contributed by atoms with Crippen LogP contribution < -0.4 is 0 Å². The van der Waals surface area contributed by atoms with Gasteiger partial charge >= 0.3 is 6.18 Å². The number of alkyl halides is 3. The Morgan fingerprint density at radius 1 is 1.19 bits per heavy atom. The van der Waals surface area contributed by atoms with Gasteiger partial charge < -0.3 is 9.47 Å². The molecule has 1 fully saturated rings. The average molecular weight is 464 g/mol. The van der Waals surface area contributed by atoms with Gasteiger partial charge in [0.2, 0.25) is 5.91 Å². The third-order valence-corrected chi connectivity index (χ3v) is 5.86. The van der Waals surface area contributed by atoms with E-state index in [1.807, 2.05) is 28.8 Å². The summed E-state index contributed by atoms with van der Waals surface area (Å²) in [7, 11) is 0. The van der Waals surface area contributed by atoms with Crippen molar-refractivity contribution in [2.24, 2.45) is 0 Å². The van der Waals surface area contributed by atoms with Gasteiger partial charge in [-0.15, -0.1) is 10.2 Å². The number of likely N-dealkylation sites (tertiary alicyclic amines) is 1. The monoisotopic (exact) mass is 463 g/mol. The lowest BCUT2D eigenvalue weighted by Crippen LogP contribution is -2.33. The molecule has 1 saturated heterocycles. The number of aromatic nitrogens is 4. The van der Waals surface area contributed by atoms with E-state index in [-0.39, 0.29) is 24.1 Å². The lowest BCUT2D eigenvalue weighted by Gasteiger charge is -2.25. The number of hydrogen-bond donors (Lipinski definition) is 0. The van der Waals surface area contributed by atoms with Crippen molar-refractivity contribution in [2.45, 2.75) is 44.9 Å². The third-order valence-electron chi connectivity index (χ3n) is 5.61. The van der Waals surface area contributed by atoms with Gasteiger partial charge in [-0.3, -0.25) is 4.79 Å². The van der Waals surface area contributed by atoms with E-state index < -0.39 is 11.9 Å². The molecule has 0 spiro atoms. The van der Waals surface area contributed by atoms with Crippen LogP contribution >= 0.6 is 11.6 Å². The molecular weight excluding hydrogens is 443 g/mol. The first kappa shape index (κ1) is 22.3. The topological polar surface area (TPSA) is 63.9 Å². The Balaban J connectivity index is 1.50. The standard InChI is InChI=1S/C22H21ClF3N5O/c1-14-16(6-9-19(28-14)22(24,25)26)11-20(32)31-10-2-3-18(31)21-29-27-13-30(21)12-15-4-7-17(23)8-5-15/h4-9,13,18H,2-3,10-12H2,1H3. The number of aryl methyl sites for hydroxylation is 1. The van der Waals surface area contributed by atoms with Crippen LogP contribution in [0.25, 0.3) is 0 Å². The van der Waals surface area contributed by atoms with Gasteiger partial charge in [-0.1, -0.05) is 29.8 Å². The van der Waals surface area contributed by atoms with Crippen LogP contribution in [0.3, 0.4) is 0 Å². The first-order valence-corrected chi connectivity index (χ1v) is 10.6. The van der Waals surface area contributed by atoms with Crippen molar-refractivity contribution in [1.29, 1.82) is 0 Å². The van der Waals surface area contributed by atoms with E-state index in [1.54, 1.807) is 11.2 Å². The Labute approximate surface area is 188 Å². The molecule has 1 aromatic carbocycles. The summed E-state index contributed by atoms with van der Waals surface area (Å²) in [6.45, 7) is 2.59. The lowest BCUT2D eigenvalue weighted by atomic mass is 10.1. The van der Waals surface area contributed by atoms with Crippen molar-refractivity contribution in [3.63, 3.8) is 0 Å². The number of benzene rings is 1. The number of amides is 1. The highest BCUT2D eigenvalue weighted by Crippen LogP contribution is 2.32. The molecule has 4 rings (SSSR count). The van der Waals surface area contributed by atoms with Gasteiger partial charge in [-0.25, -0.2) is 4.98 Å². The summed E-state index contributed by atoms with van der Waals surface area (Å²) < 4.78 is 40.5. The first-order valence-electron chi connectivity index (χ1n) is 10.2. The molecule has 3 aromatic rings. The number of nitrogens with zero attached hydrogens (tertiary/aromatic N) is 5. The van der Waals surface area contributed by atoms with Crippen molar-refractivity contribution in [3.05, 3.63) is 76.1 Å². The molecule has 1 aliphatic heterocycles. The third kappa shape index (κ3) is 4.77. The van der Waals surface area contributed by atoms with Crippen molar-refractivity contribution in [1.82, 2.24) is 24.6 Å². The summed E-state index contributed by atoms with van der Waals surface area (Å²) >= 11 is 5.96. The Morgan fingerprint density at radius 2 is 1.94 bits per heavy atom. The van der Waals surface area contributed by atoms with Crippen LogP contribution in [-0.2, 0) is 23.9 Å². The molecule has 2 aromatic heterocycles. The van der Waals surface area contributed by atoms with Crippen molar-refractivity contribution in [3.8, 4) is 0 Å². The van der Waals surface area contributed by atoms with E-state index in [0.717, 1.165) is 24.5 Å². The predicted octanol–water partition coefficient (Wildman–Crippen LogP) is 4.61. The second-order valence-electron chi connectivity index (χ2n) is 7.80. The van der Waals surface area contributed by atoms with E-state index in [1.165, 1.54) is 13.0 Å². The van der Waals surface area contributed by atoms with Crippen LogP contribution in [0.5, 0.6) is 0 Å². The number of halogens is 4. The van der Waals surface area contributed by atoms with Crippen molar-refractivity contribution >= 4 is 17.5 Å². The Morgan fingerprint density at radius 3 is 2.62 bits per heavy atom. The number of pyridine rings is 1. The highest BCUT2D eigenvalue weighted by molar-refractivity contribution is 6.30. The van der Waals surface area contributed by atoms with Crippen LogP contribution in [0.15, 0.2) is 42.7 Å². The minimum absolute atomic E-state index is 0.0151. The first-order chi connectivity index (χ1) is 15.2. The molecule has 1 amide bonds. The van der Waals surface area contributed by atoms with E-state index >= 15 is 0 Å². The van der Waals surface area contributed by atoms with Gasteiger partial charge in [0, 0.05) is 17.3 Å². The van der Waals surface area contributed by atoms with Gasteiger partial charge in [0.25, 0.3) is 0 Å². The number of hydrogen-bond acceptors (Lipinski definition) is 4. The summed E-state index contributed by atoms with van der Waals surface area (Å²) in [5.41, 5.74) is 0.754. The van der Waals surface area contributed by atoms with Crippen LogP contribution in [0, 0.1) is 6.92 Å². The Hall–Kier alpha value is -2.94. The van der Waals surface area contributed by atoms with Crippen molar-refractivity contribution in [2.75, 3.05) is 6.54 Å². The maximum Gasteiger partial charge on any atom is 0.433 e. The largest absolute Gasteiger partial charge is 0.433 e. The Kier molecular flexibility index (Phi) is 6.19. The minimum atomic E-state index is -4.51. The van der Waals surface area contributed by atoms with Crippen LogP contribution in [0.1, 0.15) is 47.2 Å². The fourth-order valence-electron chi connectivity index (χ4n) is 3.96. The smallest absolute Gasteiger partial charge is 0.332 e. The van der Waals surface area contributed by atoms with Gasteiger partial charge in [0.1, 0.15) is 12.0 Å². The molecule has 32 heavy (non-hydrogen) atoms. The van der Waals surface area contributed by atoms with Crippen LogP contribution in [-0.4, -0.2) is 37.1 Å². The molecule has 1 aliphatic rings. The fraction of sp³-hybridized carbons (Fsp3) is 0.364. The molecule has 3 heterocycles. The highest BCUT2D eigenvalue weighted by Gasteiger charge is 2.35. The van der Waals surface area contributed by atoms with E-state index in [0.29, 0.717) is 29.5 Å². The van der Waals surface area contributed by atoms with Gasteiger partial charge in [0.15, 0.2) is 5.82 Å². The maximum absolute atomic E-state index is 13.1. The quantitative estimate of drug-likeness (QED) is 0.554. The second kappa shape index (κ2) is 8.90. The zero-order chi connectivity index (χ0) is 22.9. The molecule has 1 atom stereocenters. The van der Waals surface area contributed by atoms with Gasteiger partial charge in [-0.05, 0) is 49.1 Å². The van der Waals surface area contributed by atoms with Gasteiger partial charge in [0.05, 0.1) is 19.0 Å².